The highest BCUT2D eigenvalue weighted by molar-refractivity contribution is 5.21. The predicted octanol–water partition coefficient (Wildman–Crippen LogP) is 3.21. The lowest BCUT2D eigenvalue weighted by molar-refractivity contribution is 0.253. The Bertz CT molecular complexity index is 418. The van der Waals surface area contributed by atoms with E-state index in [1.807, 2.05) is 0 Å². The summed E-state index contributed by atoms with van der Waals surface area (Å²) in [5.41, 5.74) is 1.38. The Hall–Kier alpha value is -0.800. The second kappa shape index (κ2) is 5.68. The molecular formula is C16H26N2O. The van der Waals surface area contributed by atoms with Crippen LogP contribution in [0.5, 0.6) is 0 Å². The van der Waals surface area contributed by atoms with Gasteiger partial charge in [0.15, 0.2) is 0 Å². The number of aryl methyl sites for hydroxylation is 1. The molecule has 0 radical (unpaired) electrons. The van der Waals surface area contributed by atoms with Gasteiger partial charge >= 0.3 is 0 Å². The van der Waals surface area contributed by atoms with Crippen LogP contribution in [0, 0.1) is 6.92 Å². The predicted molar refractivity (Wildman–Crippen MR) is 77.0 cm³/mol. The molecule has 106 valence electrons. The minimum atomic E-state index is 0.747. The molecule has 1 N–H and O–H groups in total. The molecule has 0 aliphatic heterocycles. The van der Waals surface area contributed by atoms with Gasteiger partial charge in [0.05, 0.1) is 6.54 Å². The first-order valence-electron chi connectivity index (χ1n) is 7.82. The average molecular weight is 262 g/mol. The Morgan fingerprint density at radius 3 is 2.74 bits per heavy atom. The van der Waals surface area contributed by atoms with E-state index >= 15 is 0 Å². The molecule has 0 unspecified atom stereocenters. The van der Waals surface area contributed by atoms with Gasteiger partial charge in [0, 0.05) is 24.2 Å². The summed E-state index contributed by atoms with van der Waals surface area (Å²) < 4.78 is 5.88. The van der Waals surface area contributed by atoms with Crippen LogP contribution in [0.4, 0.5) is 0 Å². The SMILES string of the molecule is CCCN(Cc1cc(CNC2CC2)oc1C)C1CC1. The molecule has 0 bridgehead atoms. The lowest BCUT2D eigenvalue weighted by Crippen LogP contribution is -2.26. The monoisotopic (exact) mass is 262 g/mol. The first kappa shape index (κ1) is 13.2. The van der Waals surface area contributed by atoms with Crippen LogP contribution in [0.25, 0.3) is 0 Å². The molecule has 2 aliphatic rings. The van der Waals surface area contributed by atoms with E-state index in [4.69, 9.17) is 4.42 Å². The molecule has 2 aliphatic carbocycles. The maximum atomic E-state index is 5.88. The zero-order valence-corrected chi connectivity index (χ0v) is 12.2. The van der Waals surface area contributed by atoms with Crippen molar-refractivity contribution in [1.29, 1.82) is 0 Å². The lowest BCUT2D eigenvalue weighted by atomic mass is 10.2. The van der Waals surface area contributed by atoms with E-state index < -0.39 is 0 Å². The molecular weight excluding hydrogens is 236 g/mol. The van der Waals surface area contributed by atoms with E-state index in [9.17, 15) is 0 Å². The van der Waals surface area contributed by atoms with Crippen LogP contribution in [0.3, 0.4) is 0 Å². The highest BCUT2D eigenvalue weighted by atomic mass is 16.3. The normalized spacial score (nSPS) is 19.3. The average Bonchev–Trinajstić information content (AvgIpc) is 3.27. The van der Waals surface area contributed by atoms with Gasteiger partial charge < -0.3 is 9.73 Å². The number of nitrogens with one attached hydrogen (secondary N) is 1. The molecule has 1 aromatic rings. The summed E-state index contributed by atoms with van der Waals surface area (Å²) in [6.45, 7) is 7.54. The second-order valence-electron chi connectivity index (χ2n) is 6.15. The van der Waals surface area contributed by atoms with Crippen molar-refractivity contribution < 1.29 is 4.42 Å². The topological polar surface area (TPSA) is 28.4 Å². The van der Waals surface area contributed by atoms with Gasteiger partial charge in [-0.05, 0) is 51.6 Å². The molecule has 3 rings (SSSR count). The summed E-state index contributed by atoms with van der Waals surface area (Å²) in [7, 11) is 0. The van der Waals surface area contributed by atoms with Crippen LogP contribution >= 0.6 is 0 Å². The van der Waals surface area contributed by atoms with Gasteiger partial charge in [-0.3, -0.25) is 4.90 Å². The third-order valence-electron chi connectivity index (χ3n) is 4.16. The third-order valence-corrected chi connectivity index (χ3v) is 4.16. The van der Waals surface area contributed by atoms with Crippen molar-refractivity contribution in [2.75, 3.05) is 6.54 Å². The van der Waals surface area contributed by atoms with Crippen LogP contribution in [0.15, 0.2) is 10.5 Å². The molecule has 3 heteroatoms. The largest absolute Gasteiger partial charge is 0.465 e. The van der Waals surface area contributed by atoms with E-state index in [-0.39, 0.29) is 0 Å². The number of nitrogens with zero attached hydrogens (tertiary/aromatic N) is 1. The first-order chi connectivity index (χ1) is 9.26. The molecule has 1 heterocycles. The summed E-state index contributed by atoms with van der Waals surface area (Å²) in [4.78, 5) is 2.62. The van der Waals surface area contributed by atoms with Crippen LogP contribution in [-0.4, -0.2) is 23.5 Å². The molecule has 0 aromatic carbocycles. The van der Waals surface area contributed by atoms with Crippen molar-refractivity contribution in [2.45, 2.75) is 71.1 Å². The number of hydrogen-bond donors (Lipinski definition) is 1. The standard InChI is InChI=1S/C16H26N2O/c1-3-8-18(15-6-7-15)11-13-9-16(19-12(13)2)10-17-14-4-5-14/h9,14-15,17H,3-8,10-11H2,1-2H3. The number of rotatable bonds is 8. The maximum Gasteiger partial charge on any atom is 0.118 e. The number of hydrogen-bond acceptors (Lipinski definition) is 3. The van der Waals surface area contributed by atoms with Gasteiger partial charge in [-0.25, -0.2) is 0 Å². The Morgan fingerprint density at radius 2 is 2.11 bits per heavy atom. The van der Waals surface area contributed by atoms with Crippen LogP contribution < -0.4 is 5.32 Å². The molecule has 0 atom stereocenters. The summed E-state index contributed by atoms with van der Waals surface area (Å²) in [5.74, 6) is 2.21. The van der Waals surface area contributed by atoms with E-state index in [0.29, 0.717) is 0 Å². The quantitative estimate of drug-likeness (QED) is 0.780. The third kappa shape index (κ3) is 3.61. The second-order valence-corrected chi connectivity index (χ2v) is 6.15. The van der Waals surface area contributed by atoms with Gasteiger partial charge in [-0.15, -0.1) is 0 Å². The zero-order chi connectivity index (χ0) is 13.2. The highest BCUT2D eigenvalue weighted by Crippen LogP contribution is 2.29. The van der Waals surface area contributed by atoms with E-state index in [2.05, 4.69) is 30.1 Å². The van der Waals surface area contributed by atoms with Crippen molar-refractivity contribution in [3.8, 4) is 0 Å². The van der Waals surface area contributed by atoms with Crippen LogP contribution in [0.2, 0.25) is 0 Å². The minimum Gasteiger partial charge on any atom is -0.465 e. The Balaban J connectivity index is 1.58. The molecule has 0 spiro atoms. The molecule has 19 heavy (non-hydrogen) atoms. The molecule has 3 nitrogen and oxygen atoms in total. The molecule has 0 amide bonds. The fourth-order valence-electron chi connectivity index (χ4n) is 2.70. The Labute approximate surface area is 116 Å². The summed E-state index contributed by atoms with van der Waals surface area (Å²) in [6, 6.07) is 3.84. The Morgan fingerprint density at radius 1 is 1.32 bits per heavy atom. The molecule has 2 fully saturated rings. The molecule has 2 saturated carbocycles. The van der Waals surface area contributed by atoms with Crippen LogP contribution in [-0.2, 0) is 13.1 Å². The first-order valence-corrected chi connectivity index (χ1v) is 7.82. The van der Waals surface area contributed by atoms with Gasteiger partial charge in [0.1, 0.15) is 11.5 Å². The van der Waals surface area contributed by atoms with Crippen molar-refractivity contribution in [3.05, 3.63) is 23.2 Å². The van der Waals surface area contributed by atoms with Crippen LogP contribution in [0.1, 0.15) is 56.1 Å². The fraction of sp³-hybridized carbons (Fsp3) is 0.750. The Kier molecular flexibility index (Phi) is 3.94. The molecule has 0 saturated heterocycles. The van der Waals surface area contributed by atoms with Crippen molar-refractivity contribution in [2.24, 2.45) is 0 Å². The fourth-order valence-corrected chi connectivity index (χ4v) is 2.70. The number of furan rings is 1. The zero-order valence-electron chi connectivity index (χ0n) is 12.2. The highest BCUT2D eigenvalue weighted by Gasteiger charge is 2.29. The van der Waals surface area contributed by atoms with E-state index in [1.165, 1.54) is 44.2 Å². The van der Waals surface area contributed by atoms with Crippen molar-refractivity contribution >= 4 is 0 Å². The van der Waals surface area contributed by atoms with E-state index in [1.54, 1.807) is 0 Å². The summed E-state index contributed by atoms with van der Waals surface area (Å²) in [5, 5.41) is 3.52. The van der Waals surface area contributed by atoms with Gasteiger partial charge in [0.2, 0.25) is 0 Å². The summed E-state index contributed by atoms with van der Waals surface area (Å²) >= 11 is 0. The smallest absolute Gasteiger partial charge is 0.118 e. The maximum absolute atomic E-state index is 5.88. The van der Waals surface area contributed by atoms with Gasteiger partial charge in [-0.2, -0.15) is 0 Å². The van der Waals surface area contributed by atoms with Crippen molar-refractivity contribution in [1.82, 2.24) is 10.2 Å². The summed E-state index contributed by atoms with van der Waals surface area (Å²) in [6.07, 6.45) is 6.67. The van der Waals surface area contributed by atoms with Gasteiger partial charge in [-0.1, -0.05) is 6.92 Å². The van der Waals surface area contributed by atoms with Gasteiger partial charge in [0.25, 0.3) is 0 Å². The van der Waals surface area contributed by atoms with E-state index in [0.717, 1.165) is 36.7 Å². The minimum absolute atomic E-state index is 0.747. The van der Waals surface area contributed by atoms with Crippen molar-refractivity contribution in [3.63, 3.8) is 0 Å². The molecule has 1 aromatic heterocycles. The lowest BCUT2D eigenvalue weighted by Gasteiger charge is -2.20.